The minimum absolute atomic E-state index is 0.0598. The maximum absolute atomic E-state index is 12.1. The number of halogens is 1. The van der Waals surface area contributed by atoms with E-state index in [-0.39, 0.29) is 18.0 Å². The van der Waals surface area contributed by atoms with E-state index in [9.17, 15) is 9.59 Å². The third kappa shape index (κ3) is 6.47. The topological polar surface area (TPSA) is 70.2 Å². The number of anilines is 1. The first kappa shape index (κ1) is 18.8. The van der Waals surface area contributed by atoms with E-state index in [4.69, 9.17) is 11.6 Å². The zero-order valence-electron chi connectivity index (χ0n) is 14.3. The molecule has 3 N–H and O–H groups in total. The number of rotatable bonds is 6. The second-order valence-corrected chi connectivity index (χ2v) is 6.40. The van der Waals surface area contributed by atoms with Crippen molar-refractivity contribution in [2.24, 2.45) is 0 Å². The summed E-state index contributed by atoms with van der Waals surface area (Å²) in [6.45, 7) is 4.29. The van der Waals surface area contributed by atoms with E-state index in [0.29, 0.717) is 29.2 Å². The Morgan fingerprint density at radius 2 is 1.80 bits per heavy atom. The quantitative estimate of drug-likeness (QED) is 0.733. The second kappa shape index (κ2) is 9.08. The van der Waals surface area contributed by atoms with Crippen LogP contribution >= 0.6 is 11.6 Å². The number of amides is 3. The fraction of sp³-hybridized carbons (Fsp3) is 0.263. The minimum Gasteiger partial charge on any atom is -0.352 e. The first-order valence-corrected chi connectivity index (χ1v) is 8.52. The third-order valence-electron chi connectivity index (χ3n) is 3.41. The van der Waals surface area contributed by atoms with E-state index in [1.165, 1.54) is 0 Å². The van der Waals surface area contributed by atoms with Crippen molar-refractivity contribution in [3.63, 3.8) is 0 Å². The highest BCUT2D eigenvalue weighted by atomic mass is 35.5. The summed E-state index contributed by atoms with van der Waals surface area (Å²) in [5.74, 6) is -0.153. The van der Waals surface area contributed by atoms with Crippen molar-refractivity contribution in [2.75, 3.05) is 11.9 Å². The van der Waals surface area contributed by atoms with Gasteiger partial charge in [0.2, 0.25) is 0 Å². The molecule has 2 aromatic carbocycles. The van der Waals surface area contributed by atoms with Crippen molar-refractivity contribution in [1.29, 1.82) is 0 Å². The van der Waals surface area contributed by atoms with Crippen molar-refractivity contribution in [3.8, 4) is 0 Å². The summed E-state index contributed by atoms with van der Waals surface area (Å²) >= 11 is 5.94. The Labute approximate surface area is 152 Å². The van der Waals surface area contributed by atoms with Gasteiger partial charge < -0.3 is 16.0 Å². The van der Waals surface area contributed by atoms with Crippen LogP contribution in [0.2, 0.25) is 5.02 Å². The lowest BCUT2D eigenvalue weighted by molar-refractivity contribution is 0.0954. The Bertz CT molecular complexity index is 730. The molecule has 0 saturated heterocycles. The Morgan fingerprint density at radius 1 is 1.08 bits per heavy atom. The van der Waals surface area contributed by atoms with Gasteiger partial charge in [-0.25, -0.2) is 4.79 Å². The molecule has 0 spiro atoms. The molecule has 5 nitrogen and oxygen atoms in total. The number of hydrogen-bond acceptors (Lipinski definition) is 2. The van der Waals surface area contributed by atoms with Crippen LogP contribution in [0.1, 0.15) is 29.8 Å². The highest BCUT2D eigenvalue weighted by Gasteiger charge is 2.07. The summed E-state index contributed by atoms with van der Waals surface area (Å²) in [7, 11) is 0. The summed E-state index contributed by atoms with van der Waals surface area (Å²) in [5.41, 5.74) is 2.25. The smallest absolute Gasteiger partial charge is 0.319 e. The van der Waals surface area contributed by atoms with Crippen molar-refractivity contribution >= 4 is 29.2 Å². The standard InChI is InChI=1S/C19H22ClN3O2/c1-13(2)22-19(25)23-17-8-6-15(7-9-17)18(24)21-11-10-14-4-3-5-16(20)12-14/h3-9,12-13H,10-11H2,1-2H3,(H,21,24)(H2,22,23,25). The van der Waals surface area contributed by atoms with E-state index < -0.39 is 0 Å². The molecule has 0 saturated carbocycles. The summed E-state index contributed by atoms with van der Waals surface area (Å²) in [6.07, 6.45) is 0.710. The van der Waals surface area contributed by atoms with Crippen LogP contribution < -0.4 is 16.0 Å². The Morgan fingerprint density at radius 3 is 2.44 bits per heavy atom. The van der Waals surface area contributed by atoms with E-state index >= 15 is 0 Å². The van der Waals surface area contributed by atoms with Crippen LogP contribution in [0.5, 0.6) is 0 Å². The van der Waals surface area contributed by atoms with Crippen molar-refractivity contribution < 1.29 is 9.59 Å². The lowest BCUT2D eigenvalue weighted by Crippen LogP contribution is -2.34. The van der Waals surface area contributed by atoms with Crippen molar-refractivity contribution in [3.05, 3.63) is 64.7 Å². The van der Waals surface area contributed by atoms with Crippen molar-refractivity contribution in [2.45, 2.75) is 26.3 Å². The van der Waals surface area contributed by atoms with Crippen LogP contribution in [-0.2, 0) is 6.42 Å². The average molecular weight is 360 g/mol. The number of urea groups is 1. The van der Waals surface area contributed by atoms with E-state index in [0.717, 1.165) is 5.56 Å². The van der Waals surface area contributed by atoms with Gasteiger partial charge in [0.25, 0.3) is 5.91 Å². The number of benzene rings is 2. The fourth-order valence-electron chi connectivity index (χ4n) is 2.25. The molecule has 0 fully saturated rings. The summed E-state index contributed by atoms with van der Waals surface area (Å²) in [5, 5.41) is 9.01. The van der Waals surface area contributed by atoms with E-state index in [2.05, 4.69) is 16.0 Å². The van der Waals surface area contributed by atoms with Crippen LogP contribution in [0.15, 0.2) is 48.5 Å². The molecule has 2 aromatic rings. The predicted octanol–water partition coefficient (Wildman–Crippen LogP) is 3.84. The van der Waals surface area contributed by atoms with Gasteiger partial charge in [-0.15, -0.1) is 0 Å². The second-order valence-electron chi connectivity index (χ2n) is 5.97. The van der Waals surface area contributed by atoms with E-state index in [1.807, 2.05) is 38.1 Å². The lowest BCUT2D eigenvalue weighted by Gasteiger charge is -2.10. The largest absolute Gasteiger partial charge is 0.352 e. The molecule has 6 heteroatoms. The highest BCUT2D eigenvalue weighted by molar-refractivity contribution is 6.30. The molecule has 0 aliphatic heterocycles. The zero-order valence-corrected chi connectivity index (χ0v) is 15.1. The molecule has 25 heavy (non-hydrogen) atoms. The summed E-state index contributed by atoms with van der Waals surface area (Å²) in [4.78, 5) is 23.8. The molecule has 0 aromatic heterocycles. The van der Waals surface area contributed by atoms with Gasteiger partial charge in [-0.05, 0) is 62.2 Å². The molecule has 2 rings (SSSR count). The van der Waals surface area contributed by atoms with Gasteiger partial charge >= 0.3 is 6.03 Å². The van der Waals surface area contributed by atoms with Crippen LogP contribution in [0.3, 0.4) is 0 Å². The van der Waals surface area contributed by atoms with Gasteiger partial charge in [0.1, 0.15) is 0 Å². The van der Waals surface area contributed by atoms with Crippen LogP contribution in [0.4, 0.5) is 10.5 Å². The Balaban J connectivity index is 1.82. The molecule has 0 atom stereocenters. The number of nitrogens with one attached hydrogen (secondary N) is 3. The van der Waals surface area contributed by atoms with Gasteiger partial charge in [0, 0.05) is 28.9 Å². The summed E-state index contributed by atoms with van der Waals surface area (Å²) < 4.78 is 0. The first-order chi connectivity index (χ1) is 11.9. The molecule has 3 amide bonds. The number of carbonyl (C=O) groups excluding carboxylic acids is 2. The Kier molecular flexibility index (Phi) is 6.83. The Hall–Kier alpha value is -2.53. The maximum Gasteiger partial charge on any atom is 0.319 e. The molecular formula is C19H22ClN3O2. The molecule has 0 aliphatic rings. The van der Waals surface area contributed by atoms with Gasteiger partial charge in [0.05, 0.1) is 0 Å². The van der Waals surface area contributed by atoms with Crippen LogP contribution in [0.25, 0.3) is 0 Å². The van der Waals surface area contributed by atoms with Gasteiger partial charge in [-0.2, -0.15) is 0 Å². The lowest BCUT2D eigenvalue weighted by atomic mass is 10.1. The molecular weight excluding hydrogens is 338 g/mol. The first-order valence-electron chi connectivity index (χ1n) is 8.14. The molecule has 0 bridgehead atoms. The highest BCUT2D eigenvalue weighted by Crippen LogP contribution is 2.11. The monoisotopic (exact) mass is 359 g/mol. The zero-order chi connectivity index (χ0) is 18.2. The fourth-order valence-corrected chi connectivity index (χ4v) is 2.46. The predicted molar refractivity (Wildman–Crippen MR) is 101 cm³/mol. The molecule has 0 radical (unpaired) electrons. The van der Waals surface area contributed by atoms with Crippen LogP contribution in [0, 0.1) is 0 Å². The SMILES string of the molecule is CC(C)NC(=O)Nc1ccc(C(=O)NCCc2cccc(Cl)c2)cc1. The van der Waals surface area contributed by atoms with Crippen molar-refractivity contribution in [1.82, 2.24) is 10.6 Å². The van der Waals surface area contributed by atoms with Gasteiger partial charge in [-0.3, -0.25) is 4.79 Å². The number of hydrogen-bond donors (Lipinski definition) is 3. The molecule has 132 valence electrons. The third-order valence-corrected chi connectivity index (χ3v) is 3.65. The minimum atomic E-state index is -0.270. The molecule has 0 heterocycles. The van der Waals surface area contributed by atoms with Crippen LogP contribution in [-0.4, -0.2) is 24.5 Å². The average Bonchev–Trinajstić information content (AvgIpc) is 2.54. The normalized spacial score (nSPS) is 10.4. The molecule has 0 unspecified atom stereocenters. The summed E-state index contributed by atoms with van der Waals surface area (Å²) in [6, 6.07) is 14.1. The van der Waals surface area contributed by atoms with E-state index in [1.54, 1.807) is 24.3 Å². The number of carbonyl (C=O) groups is 2. The van der Waals surface area contributed by atoms with Gasteiger partial charge in [-0.1, -0.05) is 23.7 Å². The molecule has 0 aliphatic carbocycles. The maximum atomic E-state index is 12.1. The van der Waals surface area contributed by atoms with Gasteiger partial charge in [0.15, 0.2) is 0 Å².